The normalized spacial score (nSPS) is 15.4. The minimum atomic E-state index is -3.46. The minimum absolute atomic E-state index is 0.192. The Morgan fingerprint density at radius 1 is 1.07 bits per heavy atom. The molecule has 0 atom stereocenters. The number of nitrogens with zero attached hydrogens (tertiary/aromatic N) is 2. The third-order valence-electron chi connectivity index (χ3n) is 4.72. The first-order valence-corrected chi connectivity index (χ1v) is 10.8. The summed E-state index contributed by atoms with van der Waals surface area (Å²) in [6.45, 7) is 1.70. The number of hydrogen-bond donors (Lipinski definition) is 1. The molecular weight excluding hydrogens is 362 g/mol. The van der Waals surface area contributed by atoms with Crippen LogP contribution in [-0.4, -0.2) is 43.2 Å². The molecule has 0 radical (unpaired) electrons. The average molecular weight is 388 g/mol. The van der Waals surface area contributed by atoms with Gasteiger partial charge in [-0.3, -0.25) is 9.78 Å². The third kappa shape index (κ3) is 5.14. The van der Waals surface area contributed by atoms with Crippen molar-refractivity contribution in [1.29, 1.82) is 0 Å². The van der Waals surface area contributed by atoms with Crippen molar-refractivity contribution in [2.24, 2.45) is 0 Å². The van der Waals surface area contributed by atoms with Crippen LogP contribution in [0.3, 0.4) is 0 Å². The number of pyridine rings is 1. The molecule has 2 aromatic rings. The molecule has 0 aliphatic carbocycles. The first kappa shape index (κ1) is 19.5. The summed E-state index contributed by atoms with van der Waals surface area (Å²) in [6, 6.07) is 10.1. The Morgan fingerprint density at radius 3 is 2.48 bits per heavy atom. The Kier molecular flexibility index (Phi) is 6.58. The van der Waals surface area contributed by atoms with Gasteiger partial charge in [0.15, 0.2) is 0 Å². The van der Waals surface area contributed by atoms with Gasteiger partial charge in [0, 0.05) is 37.6 Å². The first-order chi connectivity index (χ1) is 13.1. The van der Waals surface area contributed by atoms with Crippen LogP contribution in [0.2, 0.25) is 0 Å². The maximum absolute atomic E-state index is 12.6. The summed E-state index contributed by atoms with van der Waals surface area (Å²) in [6.07, 6.45) is 8.10. The van der Waals surface area contributed by atoms with E-state index in [2.05, 4.69) is 10.3 Å². The molecule has 7 heteroatoms. The number of piperidine rings is 1. The van der Waals surface area contributed by atoms with Gasteiger partial charge in [0.2, 0.25) is 10.0 Å². The standard InChI is InChI=1S/C20H25N3O3S/c24-20(22-13-5-7-17-6-4-12-21-16-17)18-8-10-19(11-9-18)27(25,26)23-14-2-1-3-15-23/h4,6,8-12,16H,1-3,5,7,13-15H2,(H,22,24). The molecule has 1 aliphatic heterocycles. The van der Waals surface area contributed by atoms with Gasteiger partial charge >= 0.3 is 0 Å². The lowest BCUT2D eigenvalue weighted by molar-refractivity contribution is 0.0953. The van der Waals surface area contributed by atoms with E-state index >= 15 is 0 Å². The molecule has 1 aromatic heterocycles. The SMILES string of the molecule is O=C(NCCCc1cccnc1)c1ccc(S(=O)(=O)N2CCCCC2)cc1. The van der Waals surface area contributed by atoms with Crippen molar-refractivity contribution in [3.05, 3.63) is 59.9 Å². The van der Waals surface area contributed by atoms with Gasteiger partial charge in [0.25, 0.3) is 5.91 Å². The van der Waals surface area contributed by atoms with E-state index < -0.39 is 10.0 Å². The monoisotopic (exact) mass is 387 g/mol. The number of carbonyl (C=O) groups excluding carboxylic acids is 1. The lowest BCUT2D eigenvalue weighted by atomic mass is 10.1. The molecule has 3 rings (SSSR count). The molecule has 0 saturated carbocycles. The van der Waals surface area contributed by atoms with Crippen LogP contribution in [-0.2, 0) is 16.4 Å². The predicted molar refractivity (Wildman–Crippen MR) is 104 cm³/mol. The zero-order valence-electron chi connectivity index (χ0n) is 15.3. The molecule has 0 unspecified atom stereocenters. The van der Waals surface area contributed by atoms with Crippen molar-refractivity contribution >= 4 is 15.9 Å². The van der Waals surface area contributed by atoms with Crippen LogP contribution < -0.4 is 5.32 Å². The average Bonchev–Trinajstić information content (AvgIpc) is 2.72. The number of aromatic nitrogens is 1. The van der Waals surface area contributed by atoms with E-state index in [0.717, 1.165) is 37.7 Å². The van der Waals surface area contributed by atoms with Crippen LogP contribution >= 0.6 is 0 Å². The number of rotatable bonds is 7. The maximum atomic E-state index is 12.6. The highest BCUT2D eigenvalue weighted by Crippen LogP contribution is 2.20. The largest absolute Gasteiger partial charge is 0.352 e. The molecule has 6 nitrogen and oxygen atoms in total. The van der Waals surface area contributed by atoms with Crippen molar-refractivity contribution in [1.82, 2.24) is 14.6 Å². The fourth-order valence-electron chi connectivity index (χ4n) is 3.18. The Morgan fingerprint density at radius 2 is 1.81 bits per heavy atom. The molecule has 27 heavy (non-hydrogen) atoms. The van der Waals surface area contributed by atoms with Crippen molar-refractivity contribution in [2.45, 2.75) is 37.0 Å². The molecule has 0 bridgehead atoms. The van der Waals surface area contributed by atoms with Crippen LogP contribution in [0.25, 0.3) is 0 Å². The van der Waals surface area contributed by atoms with Gasteiger partial charge < -0.3 is 5.32 Å². The highest BCUT2D eigenvalue weighted by atomic mass is 32.2. The second kappa shape index (κ2) is 9.10. The second-order valence-corrected chi connectivity index (χ2v) is 8.65. The van der Waals surface area contributed by atoms with Crippen LogP contribution in [0.1, 0.15) is 41.6 Å². The van der Waals surface area contributed by atoms with Gasteiger partial charge in [-0.15, -0.1) is 0 Å². The summed E-state index contributed by atoms with van der Waals surface area (Å²) >= 11 is 0. The zero-order chi connectivity index (χ0) is 19.1. The van der Waals surface area contributed by atoms with Gasteiger partial charge in [-0.25, -0.2) is 8.42 Å². The van der Waals surface area contributed by atoms with Gasteiger partial charge in [0.1, 0.15) is 0 Å². The minimum Gasteiger partial charge on any atom is -0.352 e. The first-order valence-electron chi connectivity index (χ1n) is 9.35. The van der Waals surface area contributed by atoms with Gasteiger partial charge in [-0.2, -0.15) is 4.31 Å². The Balaban J connectivity index is 1.52. The Bertz CT molecular complexity index is 846. The van der Waals surface area contributed by atoms with Crippen molar-refractivity contribution in [3.8, 4) is 0 Å². The fraction of sp³-hybridized carbons (Fsp3) is 0.400. The molecule has 1 saturated heterocycles. The summed E-state index contributed by atoms with van der Waals surface area (Å²) in [4.78, 5) is 16.6. The zero-order valence-corrected chi connectivity index (χ0v) is 16.1. The highest BCUT2D eigenvalue weighted by Gasteiger charge is 2.25. The van der Waals surface area contributed by atoms with E-state index in [-0.39, 0.29) is 10.8 Å². The quantitative estimate of drug-likeness (QED) is 0.741. The molecule has 1 N–H and O–H groups in total. The summed E-state index contributed by atoms with van der Waals surface area (Å²) < 4.78 is 26.8. The number of hydrogen-bond acceptors (Lipinski definition) is 4. The summed E-state index contributed by atoms with van der Waals surface area (Å²) in [5.41, 5.74) is 1.60. The van der Waals surface area contributed by atoms with E-state index in [0.29, 0.717) is 25.2 Å². The van der Waals surface area contributed by atoms with Crippen LogP contribution in [0.5, 0.6) is 0 Å². The van der Waals surface area contributed by atoms with Crippen molar-refractivity contribution < 1.29 is 13.2 Å². The Labute approximate surface area is 160 Å². The lowest BCUT2D eigenvalue weighted by Crippen LogP contribution is -2.35. The third-order valence-corrected chi connectivity index (χ3v) is 6.63. The number of sulfonamides is 1. The van der Waals surface area contributed by atoms with Gasteiger partial charge in [0.05, 0.1) is 4.90 Å². The number of carbonyl (C=O) groups is 1. The molecule has 0 spiro atoms. The summed E-state index contributed by atoms with van der Waals surface area (Å²) in [7, 11) is -3.46. The number of aryl methyl sites for hydroxylation is 1. The molecule has 1 aliphatic rings. The molecule has 2 heterocycles. The van der Waals surface area contributed by atoms with Crippen LogP contribution in [0.15, 0.2) is 53.7 Å². The number of benzene rings is 1. The Hall–Kier alpha value is -2.25. The molecular formula is C20H25N3O3S. The van der Waals surface area contributed by atoms with Gasteiger partial charge in [-0.05, 0) is 61.6 Å². The smallest absolute Gasteiger partial charge is 0.251 e. The topological polar surface area (TPSA) is 79.4 Å². The number of amides is 1. The molecule has 1 aromatic carbocycles. The number of nitrogens with one attached hydrogen (secondary N) is 1. The van der Waals surface area contributed by atoms with Crippen molar-refractivity contribution in [2.75, 3.05) is 19.6 Å². The van der Waals surface area contributed by atoms with E-state index in [9.17, 15) is 13.2 Å². The van der Waals surface area contributed by atoms with E-state index in [1.807, 2.05) is 18.3 Å². The summed E-state index contributed by atoms with van der Waals surface area (Å²) in [5.74, 6) is -0.192. The van der Waals surface area contributed by atoms with Crippen LogP contribution in [0.4, 0.5) is 0 Å². The molecule has 1 amide bonds. The van der Waals surface area contributed by atoms with Crippen LogP contribution in [0, 0.1) is 0 Å². The maximum Gasteiger partial charge on any atom is 0.251 e. The summed E-state index contributed by atoms with van der Waals surface area (Å²) in [5, 5.41) is 2.87. The van der Waals surface area contributed by atoms with Crippen molar-refractivity contribution in [3.63, 3.8) is 0 Å². The van der Waals surface area contributed by atoms with Gasteiger partial charge in [-0.1, -0.05) is 12.5 Å². The van der Waals surface area contributed by atoms with E-state index in [4.69, 9.17) is 0 Å². The lowest BCUT2D eigenvalue weighted by Gasteiger charge is -2.25. The fourth-order valence-corrected chi connectivity index (χ4v) is 4.69. The highest BCUT2D eigenvalue weighted by molar-refractivity contribution is 7.89. The predicted octanol–water partition coefficient (Wildman–Crippen LogP) is 2.62. The molecule has 144 valence electrons. The van der Waals surface area contributed by atoms with E-state index in [1.165, 1.54) is 16.4 Å². The van der Waals surface area contributed by atoms with E-state index in [1.54, 1.807) is 18.3 Å². The molecule has 1 fully saturated rings. The second-order valence-electron chi connectivity index (χ2n) is 6.71.